The summed E-state index contributed by atoms with van der Waals surface area (Å²) in [6.07, 6.45) is 0.511. The number of anilines is 1. The maximum Gasteiger partial charge on any atom is 0.244 e. The van der Waals surface area contributed by atoms with Crippen molar-refractivity contribution in [3.8, 4) is 11.5 Å². The highest BCUT2D eigenvalue weighted by molar-refractivity contribution is 6.34. The van der Waals surface area contributed by atoms with Crippen molar-refractivity contribution in [1.82, 2.24) is 0 Å². The molecule has 188 valence electrons. The standard InChI is InChI=1S/C31H27Cl2NO3/c1-16-11-22(12-17(2)28(16)35)31(23-13-18(3)29(36)19(4)14-23)26-25(33)10-9-21(27(26)34-30(31)37)15-20-7-5-6-8-24(20)32/h5-14,35-36H,15H2,1-4H3,(H,34,37). The molecule has 5 rings (SSSR count). The number of carbonyl (C=O) groups excluding carboxylic acids is 1. The Morgan fingerprint density at radius 3 is 1.76 bits per heavy atom. The maximum absolute atomic E-state index is 14.3. The first kappa shape index (κ1) is 25.2. The van der Waals surface area contributed by atoms with Gasteiger partial charge < -0.3 is 15.5 Å². The number of hydrogen-bond acceptors (Lipinski definition) is 3. The van der Waals surface area contributed by atoms with Crippen LogP contribution in [-0.4, -0.2) is 16.1 Å². The van der Waals surface area contributed by atoms with Crippen LogP contribution in [0.3, 0.4) is 0 Å². The van der Waals surface area contributed by atoms with Crippen LogP contribution in [-0.2, 0) is 16.6 Å². The highest BCUT2D eigenvalue weighted by Crippen LogP contribution is 2.53. The lowest BCUT2D eigenvalue weighted by atomic mass is 9.68. The van der Waals surface area contributed by atoms with Crippen LogP contribution in [0.25, 0.3) is 0 Å². The number of phenols is 2. The van der Waals surface area contributed by atoms with Crippen LogP contribution in [0.2, 0.25) is 10.0 Å². The van der Waals surface area contributed by atoms with Gasteiger partial charge in [-0.25, -0.2) is 0 Å². The molecule has 0 bridgehead atoms. The third-order valence-corrected chi connectivity index (χ3v) is 8.07. The summed E-state index contributed by atoms with van der Waals surface area (Å²) in [5, 5.41) is 25.3. The Kier molecular flexibility index (Phi) is 6.21. The molecule has 1 aliphatic rings. The Bertz CT molecular complexity index is 1490. The average molecular weight is 532 g/mol. The molecule has 0 spiro atoms. The number of hydrogen-bond donors (Lipinski definition) is 3. The van der Waals surface area contributed by atoms with Gasteiger partial charge in [0.05, 0.1) is 5.69 Å². The predicted molar refractivity (Wildman–Crippen MR) is 149 cm³/mol. The molecule has 0 unspecified atom stereocenters. The summed E-state index contributed by atoms with van der Waals surface area (Å²) < 4.78 is 0. The SMILES string of the molecule is Cc1cc(C2(c3cc(C)c(O)c(C)c3)C(=O)Nc3c(Cc4ccccc4Cl)ccc(Cl)c32)cc(C)c1O. The van der Waals surface area contributed by atoms with E-state index in [0.717, 1.165) is 11.1 Å². The summed E-state index contributed by atoms with van der Waals surface area (Å²) in [6, 6.07) is 18.7. The van der Waals surface area contributed by atoms with Gasteiger partial charge in [0.15, 0.2) is 0 Å². The molecule has 3 N–H and O–H groups in total. The van der Waals surface area contributed by atoms with Gasteiger partial charge in [0, 0.05) is 22.0 Å². The predicted octanol–water partition coefficient (Wildman–Crippen LogP) is 7.52. The van der Waals surface area contributed by atoms with Gasteiger partial charge in [-0.1, -0.05) is 71.7 Å². The monoisotopic (exact) mass is 531 g/mol. The number of nitrogens with one attached hydrogen (secondary N) is 1. The van der Waals surface area contributed by atoms with E-state index in [9.17, 15) is 15.0 Å². The second-order valence-electron chi connectivity index (χ2n) is 9.85. The summed E-state index contributed by atoms with van der Waals surface area (Å²) in [6.45, 7) is 7.26. The zero-order valence-electron chi connectivity index (χ0n) is 21.0. The Morgan fingerprint density at radius 2 is 1.24 bits per heavy atom. The largest absolute Gasteiger partial charge is 0.507 e. The molecule has 4 aromatic rings. The van der Waals surface area contributed by atoms with Crippen LogP contribution >= 0.6 is 23.2 Å². The molecule has 0 radical (unpaired) electrons. The van der Waals surface area contributed by atoms with E-state index in [1.165, 1.54) is 0 Å². The fraction of sp³-hybridized carbons (Fsp3) is 0.194. The van der Waals surface area contributed by atoms with Gasteiger partial charge in [-0.15, -0.1) is 0 Å². The van der Waals surface area contributed by atoms with Crippen LogP contribution in [0.4, 0.5) is 5.69 Å². The smallest absolute Gasteiger partial charge is 0.244 e. The van der Waals surface area contributed by atoms with Crippen LogP contribution in [0, 0.1) is 27.7 Å². The molecule has 1 aliphatic heterocycles. The molecule has 0 aliphatic carbocycles. The van der Waals surface area contributed by atoms with Gasteiger partial charge in [-0.3, -0.25) is 4.79 Å². The van der Waals surface area contributed by atoms with Crippen molar-refractivity contribution in [3.05, 3.63) is 121 Å². The van der Waals surface area contributed by atoms with E-state index in [2.05, 4.69) is 5.32 Å². The summed E-state index contributed by atoms with van der Waals surface area (Å²) >= 11 is 13.4. The first-order chi connectivity index (χ1) is 17.5. The molecule has 1 heterocycles. The molecule has 6 heteroatoms. The number of carbonyl (C=O) groups is 1. The average Bonchev–Trinajstić information content (AvgIpc) is 3.18. The number of amides is 1. The Hall–Kier alpha value is -3.47. The number of aryl methyl sites for hydroxylation is 4. The number of fused-ring (bicyclic) bond motifs is 1. The third-order valence-electron chi connectivity index (χ3n) is 7.38. The van der Waals surface area contributed by atoms with Crippen molar-refractivity contribution >= 4 is 34.8 Å². The van der Waals surface area contributed by atoms with E-state index in [4.69, 9.17) is 23.2 Å². The number of halogens is 2. The van der Waals surface area contributed by atoms with E-state index >= 15 is 0 Å². The Balaban J connectivity index is 1.86. The molecule has 0 atom stereocenters. The zero-order chi connectivity index (χ0) is 26.6. The highest BCUT2D eigenvalue weighted by Gasteiger charge is 2.52. The van der Waals surface area contributed by atoms with Crippen molar-refractivity contribution < 1.29 is 15.0 Å². The zero-order valence-corrected chi connectivity index (χ0v) is 22.6. The van der Waals surface area contributed by atoms with E-state index in [0.29, 0.717) is 61.1 Å². The van der Waals surface area contributed by atoms with Crippen molar-refractivity contribution in [1.29, 1.82) is 0 Å². The van der Waals surface area contributed by atoms with Crippen LogP contribution in [0.5, 0.6) is 11.5 Å². The Labute approximate surface area is 226 Å². The second-order valence-corrected chi connectivity index (χ2v) is 10.7. The minimum atomic E-state index is -1.30. The van der Waals surface area contributed by atoms with Gasteiger partial charge in [-0.2, -0.15) is 0 Å². The van der Waals surface area contributed by atoms with Gasteiger partial charge in [0.1, 0.15) is 16.9 Å². The van der Waals surface area contributed by atoms with E-state index in [1.54, 1.807) is 0 Å². The van der Waals surface area contributed by atoms with Crippen molar-refractivity contribution in [2.75, 3.05) is 5.32 Å². The van der Waals surface area contributed by atoms with Crippen LogP contribution < -0.4 is 5.32 Å². The van der Waals surface area contributed by atoms with Gasteiger partial charge >= 0.3 is 0 Å². The molecule has 37 heavy (non-hydrogen) atoms. The number of rotatable bonds is 4. The van der Waals surface area contributed by atoms with Crippen molar-refractivity contribution in [2.24, 2.45) is 0 Å². The Morgan fingerprint density at radius 1 is 0.730 bits per heavy atom. The number of aromatic hydroxyl groups is 2. The second kappa shape index (κ2) is 9.13. The van der Waals surface area contributed by atoms with Gasteiger partial charge in [0.25, 0.3) is 0 Å². The normalized spacial score (nSPS) is 13.9. The van der Waals surface area contributed by atoms with Crippen LogP contribution in [0.15, 0.2) is 60.7 Å². The minimum absolute atomic E-state index is 0.189. The van der Waals surface area contributed by atoms with Gasteiger partial charge in [-0.05, 0) is 84.3 Å². The molecular formula is C31H27Cl2NO3. The highest BCUT2D eigenvalue weighted by atomic mass is 35.5. The summed E-state index contributed by atoms with van der Waals surface area (Å²) in [5.41, 5.74) is 5.86. The lowest BCUT2D eigenvalue weighted by Gasteiger charge is -2.31. The first-order valence-electron chi connectivity index (χ1n) is 12.0. The minimum Gasteiger partial charge on any atom is -0.507 e. The maximum atomic E-state index is 14.3. The summed E-state index contributed by atoms with van der Waals surface area (Å²) in [5.74, 6) is 0.133. The lowest BCUT2D eigenvalue weighted by molar-refractivity contribution is -0.118. The topological polar surface area (TPSA) is 69.6 Å². The molecule has 4 aromatic carbocycles. The van der Waals surface area contributed by atoms with Crippen molar-refractivity contribution in [2.45, 2.75) is 39.5 Å². The number of phenolic OH excluding ortho intramolecular Hbond substituents is 2. The summed E-state index contributed by atoms with van der Waals surface area (Å²) in [7, 11) is 0. The molecule has 0 saturated heterocycles. The van der Waals surface area contributed by atoms with E-state index in [1.807, 2.05) is 88.4 Å². The van der Waals surface area contributed by atoms with Gasteiger partial charge in [0.2, 0.25) is 5.91 Å². The fourth-order valence-corrected chi connectivity index (χ4v) is 6.01. The number of benzene rings is 4. The molecule has 1 amide bonds. The molecule has 0 aromatic heterocycles. The molecular weight excluding hydrogens is 505 g/mol. The summed E-state index contributed by atoms with van der Waals surface area (Å²) in [4.78, 5) is 14.3. The molecule has 4 nitrogen and oxygen atoms in total. The molecule has 0 saturated carbocycles. The van der Waals surface area contributed by atoms with E-state index < -0.39 is 5.41 Å². The van der Waals surface area contributed by atoms with E-state index in [-0.39, 0.29) is 17.4 Å². The fourth-order valence-electron chi connectivity index (χ4n) is 5.51. The first-order valence-corrected chi connectivity index (χ1v) is 12.8. The molecule has 0 fully saturated rings. The lowest BCUT2D eigenvalue weighted by Crippen LogP contribution is -2.37. The quantitative estimate of drug-likeness (QED) is 0.255. The van der Waals surface area contributed by atoms with Crippen molar-refractivity contribution in [3.63, 3.8) is 0 Å². The van der Waals surface area contributed by atoms with Crippen LogP contribution in [0.1, 0.15) is 50.1 Å². The third kappa shape index (κ3) is 3.87.